The van der Waals surface area contributed by atoms with Gasteiger partial charge in [0.25, 0.3) is 0 Å². The molecule has 0 bridgehead atoms. The normalized spacial score (nSPS) is 11.4. The minimum atomic E-state index is 0.0702. The summed E-state index contributed by atoms with van der Waals surface area (Å²) in [7, 11) is 0. The standard InChI is InChI=1S/C20H15ClN4O/c21-15-10-8-14(9-11-15)13-25-17-6-2-1-5-16(17)19(20(25)26)24-23-18-7-3-4-12-22-18/h1-12,26H,13H2. The van der Waals surface area contributed by atoms with Gasteiger partial charge in [-0.15, -0.1) is 10.2 Å². The zero-order valence-corrected chi connectivity index (χ0v) is 14.5. The van der Waals surface area contributed by atoms with E-state index in [0.29, 0.717) is 23.1 Å². The molecule has 0 aliphatic carbocycles. The first-order chi connectivity index (χ1) is 12.7. The number of benzene rings is 2. The Morgan fingerprint density at radius 2 is 1.69 bits per heavy atom. The van der Waals surface area contributed by atoms with Crippen LogP contribution in [-0.4, -0.2) is 14.7 Å². The molecule has 0 spiro atoms. The van der Waals surface area contributed by atoms with Gasteiger partial charge in [0.15, 0.2) is 11.5 Å². The van der Waals surface area contributed by atoms with Gasteiger partial charge in [-0.25, -0.2) is 4.98 Å². The summed E-state index contributed by atoms with van der Waals surface area (Å²) in [6.45, 7) is 0.503. The Balaban J connectivity index is 1.78. The van der Waals surface area contributed by atoms with E-state index >= 15 is 0 Å². The summed E-state index contributed by atoms with van der Waals surface area (Å²) in [5, 5.41) is 20.7. The number of hydrogen-bond acceptors (Lipinski definition) is 4. The van der Waals surface area contributed by atoms with Crippen LogP contribution in [0.5, 0.6) is 5.88 Å². The quantitative estimate of drug-likeness (QED) is 0.462. The molecule has 0 aliphatic rings. The van der Waals surface area contributed by atoms with E-state index in [-0.39, 0.29) is 5.88 Å². The van der Waals surface area contributed by atoms with Gasteiger partial charge in [-0.1, -0.05) is 48.0 Å². The number of rotatable bonds is 4. The second-order valence-electron chi connectivity index (χ2n) is 5.79. The van der Waals surface area contributed by atoms with Crippen LogP contribution in [0.4, 0.5) is 11.5 Å². The van der Waals surface area contributed by atoms with Crippen molar-refractivity contribution in [3.63, 3.8) is 0 Å². The van der Waals surface area contributed by atoms with Crippen molar-refractivity contribution < 1.29 is 5.11 Å². The van der Waals surface area contributed by atoms with E-state index in [4.69, 9.17) is 11.6 Å². The molecule has 2 heterocycles. The largest absolute Gasteiger partial charge is 0.493 e. The topological polar surface area (TPSA) is 62.8 Å². The van der Waals surface area contributed by atoms with Crippen molar-refractivity contribution in [1.82, 2.24) is 9.55 Å². The number of halogens is 1. The van der Waals surface area contributed by atoms with E-state index in [1.807, 2.05) is 65.2 Å². The molecule has 0 amide bonds. The van der Waals surface area contributed by atoms with Crippen molar-refractivity contribution in [2.24, 2.45) is 10.2 Å². The van der Waals surface area contributed by atoms with E-state index in [1.54, 1.807) is 12.3 Å². The molecule has 0 unspecified atom stereocenters. The smallest absolute Gasteiger partial charge is 0.221 e. The van der Waals surface area contributed by atoms with Crippen LogP contribution in [-0.2, 0) is 6.54 Å². The van der Waals surface area contributed by atoms with E-state index < -0.39 is 0 Å². The molecule has 5 nitrogen and oxygen atoms in total. The lowest BCUT2D eigenvalue weighted by Gasteiger charge is -2.07. The molecule has 2 aromatic carbocycles. The van der Waals surface area contributed by atoms with Gasteiger partial charge in [0, 0.05) is 16.6 Å². The number of aromatic hydroxyl groups is 1. The zero-order valence-electron chi connectivity index (χ0n) is 13.7. The summed E-state index contributed by atoms with van der Waals surface area (Å²) < 4.78 is 1.81. The van der Waals surface area contributed by atoms with Gasteiger partial charge in [-0.2, -0.15) is 0 Å². The number of fused-ring (bicyclic) bond motifs is 1. The summed E-state index contributed by atoms with van der Waals surface area (Å²) in [6.07, 6.45) is 1.65. The molecule has 6 heteroatoms. The summed E-state index contributed by atoms with van der Waals surface area (Å²) in [6, 6.07) is 20.7. The average molecular weight is 363 g/mol. The first-order valence-electron chi connectivity index (χ1n) is 8.10. The van der Waals surface area contributed by atoms with Crippen LogP contribution in [0.25, 0.3) is 10.9 Å². The van der Waals surface area contributed by atoms with Gasteiger partial charge >= 0.3 is 0 Å². The van der Waals surface area contributed by atoms with Crippen molar-refractivity contribution in [3.05, 3.63) is 83.5 Å². The minimum absolute atomic E-state index is 0.0702. The summed E-state index contributed by atoms with van der Waals surface area (Å²) in [4.78, 5) is 4.12. The molecule has 4 aromatic rings. The third-order valence-electron chi connectivity index (χ3n) is 4.07. The summed E-state index contributed by atoms with van der Waals surface area (Å²) in [5.74, 6) is 0.558. The molecular weight excluding hydrogens is 348 g/mol. The highest BCUT2D eigenvalue weighted by atomic mass is 35.5. The first-order valence-corrected chi connectivity index (χ1v) is 8.47. The van der Waals surface area contributed by atoms with Crippen LogP contribution in [0, 0.1) is 0 Å². The third-order valence-corrected chi connectivity index (χ3v) is 4.33. The maximum Gasteiger partial charge on any atom is 0.221 e. The van der Waals surface area contributed by atoms with E-state index in [2.05, 4.69) is 15.2 Å². The van der Waals surface area contributed by atoms with Crippen molar-refractivity contribution in [2.45, 2.75) is 6.54 Å². The van der Waals surface area contributed by atoms with Crippen molar-refractivity contribution in [3.8, 4) is 5.88 Å². The Labute approximate surface area is 155 Å². The second-order valence-corrected chi connectivity index (χ2v) is 6.23. The number of nitrogens with zero attached hydrogens (tertiary/aromatic N) is 4. The molecule has 26 heavy (non-hydrogen) atoms. The number of pyridine rings is 1. The lowest BCUT2D eigenvalue weighted by atomic mass is 10.2. The lowest BCUT2D eigenvalue weighted by molar-refractivity contribution is 0.429. The second kappa shape index (κ2) is 6.98. The number of aromatic nitrogens is 2. The van der Waals surface area contributed by atoms with E-state index in [0.717, 1.165) is 16.5 Å². The molecule has 1 N–H and O–H groups in total. The minimum Gasteiger partial charge on any atom is -0.493 e. The monoisotopic (exact) mass is 362 g/mol. The number of para-hydroxylation sites is 1. The summed E-state index contributed by atoms with van der Waals surface area (Å²) in [5.41, 5.74) is 2.34. The maximum atomic E-state index is 10.8. The Hall–Kier alpha value is -3.18. The molecule has 0 radical (unpaired) electrons. The Kier molecular flexibility index (Phi) is 4.37. The fraction of sp³-hybridized carbons (Fsp3) is 0.0500. The molecule has 0 saturated carbocycles. The maximum absolute atomic E-state index is 10.8. The van der Waals surface area contributed by atoms with Crippen LogP contribution >= 0.6 is 11.6 Å². The molecule has 4 rings (SSSR count). The fourth-order valence-electron chi connectivity index (χ4n) is 2.82. The highest BCUT2D eigenvalue weighted by Gasteiger charge is 2.16. The Morgan fingerprint density at radius 1 is 0.923 bits per heavy atom. The van der Waals surface area contributed by atoms with E-state index in [1.165, 1.54) is 0 Å². The van der Waals surface area contributed by atoms with Crippen LogP contribution in [0.2, 0.25) is 5.02 Å². The predicted octanol–water partition coefficient (Wildman–Crippen LogP) is 5.86. The molecule has 0 aliphatic heterocycles. The van der Waals surface area contributed by atoms with Gasteiger partial charge in [-0.3, -0.25) is 0 Å². The van der Waals surface area contributed by atoms with Crippen LogP contribution in [0.15, 0.2) is 83.2 Å². The molecular formula is C20H15ClN4O. The van der Waals surface area contributed by atoms with Crippen molar-refractivity contribution in [2.75, 3.05) is 0 Å². The average Bonchev–Trinajstić information content (AvgIpc) is 2.94. The van der Waals surface area contributed by atoms with Crippen LogP contribution < -0.4 is 0 Å². The van der Waals surface area contributed by atoms with Gasteiger partial charge in [0.2, 0.25) is 5.88 Å². The SMILES string of the molecule is Oc1c(N=Nc2ccccn2)c2ccccc2n1Cc1ccc(Cl)cc1. The molecule has 0 fully saturated rings. The lowest BCUT2D eigenvalue weighted by Crippen LogP contribution is -1.98. The highest BCUT2D eigenvalue weighted by molar-refractivity contribution is 6.30. The van der Waals surface area contributed by atoms with Crippen LogP contribution in [0.3, 0.4) is 0 Å². The van der Waals surface area contributed by atoms with Crippen LogP contribution in [0.1, 0.15) is 5.56 Å². The van der Waals surface area contributed by atoms with Gasteiger partial charge in [0.1, 0.15) is 0 Å². The molecule has 2 aromatic heterocycles. The highest BCUT2D eigenvalue weighted by Crippen LogP contribution is 2.39. The van der Waals surface area contributed by atoms with Crippen molar-refractivity contribution in [1.29, 1.82) is 0 Å². The van der Waals surface area contributed by atoms with Crippen molar-refractivity contribution >= 4 is 34.0 Å². The Morgan fingerprint density at radius 3 is 2.46 bits per heavy atom. The molecule has 128 valence electrons. The third kappa shape index (κ3) is 3.17. The number of azo groups is 1. The zero-order chi connectivity index (χ0) is 17.9. The predicted molar refractivity (Wildman–Crippen MR) is 103 cm³/mol. The van der Waals surface area contributed by atoms with Gasteiger partial charge < -0.3 is 9.67 Å². The molecule has 0 saturated heterocycles. The van der Waals surface area contributed by atoms with Gasteiger partial charge in [-0.05, 0) is 35.9 Å². The Bertz CT molecular complexity index is 1070. The number of hydrogen-bond donors (Lipinski definition) is 1. The summed E-state index contributed by atoms with van der Waals surface area (Å²) >= 11 is 5.96. The first kappa shape index (κ1) is 16.3. The molecule has 0 atom stereocenters. The van der Waals surface area contributed by atoms with E-state index in [9.17, 15) is 5.11 Å². The van der Waals surface area contributed by atoms with Gasteiger partial charge in [0.05, 0.1) is 12.1 Å². The fourth-order valence-corrected chi connectivity index (χ4v) is 2.94.